The Morgan fingerprint density at radius 3 is 2.33 bits per heavy atom. The van der Waals surface area contributed by atoms with Gasteiger partial charge in [-0.2, -0.15) is 0 Å². The lowest BCUT2D eigenvalue weighted by Gasteiger charge is -2.05. The maximum Gasteiger partial charge on any atom is 0.209 e. The van der Waals surface area contributed by atoms with E-state index in [1.165, 1.54) is 24.3 Å². The van der Waals surface area contributed by atoms with Gasteiger partial charge in [-0.25, -0.2) is 17.2 Å². The number of rotatable bonds is 2. The molecule has 0 spiro atoms. The highest BCUT2D eigenvalue weighted by atomic mass is 35.5. The molecular weight excluding hydrogens is 282 g/mol. The molecular formula is C12H6ClF2O2S. The zero-order valence-electron chi connectivity index (χ0n) is 8.82. The first-order valence-corrected chi connectivity index (χ1v) is 6.65. The summed E-state index contributed by atoms with van der Waals surface area (Å²) in [6.07, 6.45) is 0. The van der Waals surface area contributed by atoms with Gasteiger partial charge in [-0.15, -0.1) is 0 Å². The quantitative estimate of drug-likeness (QED) is 0.850. The molecule has 0 saturated carbocycles. The van der Waals surface area contributed by atoms with Crippen LogP contribution in [0.3, 0.4) is 0 Å². The second kappa shape index (κ2) is 4.66. The molecule has 93 valence electrons. The maximum atomic E-state index is 13.4. The Labute approximate surface area is 108 Å². The molecule has 18 heavy (non-hydrogen) atoms. The van der Waals surface area contributed by atoms with Gasteiger partial charge in [-0.3, -0.25) is 0 Å². The van der Waals surface area contributed by atoms with Gasteiger partial charge in [0.05, 0.1) is 4.90 Å². The second-order valence-corrected chi connectivity index (χ2v) is 5.81. The molecule has 2 nitrogen and oxygen atoms in total. The predicted molar refractivity (Wildman–Crippen MR) is 62.1 cm³/mol. The molecule has 0 unspecified atom stereocenters. The SMILES string of the molecule is O=S(=O)(c1ccc(Cl)cc1)c1cc(F)c[c]c1F. The zero-order valence-corrected chi connectivity index (χ0v) is 10.4. The minimum atomic E-state index is -4.11. The van der Waals surface area contributed by atoms with Crippen molar-refractivity contribution in [3.05, 3.63) is 59.1 Å². The Kier molecular flexibility index (Phi) is 3.36. The molecule has 0 aliphatic heterocycles. The van der Waals surface area contributed by atoms with Gasteiger partial charge in [0, 0.05) is 11.1 Å². The van der Waals surface area contributed by atoms with E-state index in [2.05, 4.69) is 0 Å². The number of hydrogen-bond donors (Lipinski definition) is 0. The molecule has 2 aromatic rings. The summed E-state index contributed by atoms with van der Waals surface area (Å²) < 4.78 is 50.5. The first kappa shape index (κ1) is 13.0. The monoisotopic (exact) mass is 287 g/mol. The Morgan fingerprint density at radius 1 is 1.11 bits per heavy atom. The third kappa shape index (κ3) is 2.37. The van der Waals surface area contributed by atoms with E-state index in [0.29, 0.717) is 11.1 Å². The van der Waals surface area contributed by atoms with Crippen molar-refractivity contribution in [3.63, 3.8) is 0 Å². The maximum absolute atomic E-state index is 13.4. The largest absolute Gasteiger partial charge is 0.218 e. The molecule has 0 fully saturated rings. The van der Waals surface area contributed by atoms with E-state index >= 15 is 0 Å². The van der Waals surface area contributed by atoms with Crippen molar-refractivity contribution in [2.45, 2.75) is 9.79 Å². The summed E-state index contributed by atoms with van der Waals surface area (Å²) in [6, 6.07) is 8.42. The summed E-state index contributed by atoms with van der Waals surface area (Å²) in [5.41, 5.74) is 0. The molecule has 0 bridgehead atoms. The van der Waals surface area contributed by atoms with Gasteiger partial charge in [0.25, 0.3) is 0 Å². The second-order valence-electron chi connectivity index (χ2n) is 3.45. The van der Waals surface area contributed by atoms with Crippen molar-refractivity contribution in [1.29, 1.82) is 0 Å². The smallest absolute Gasteiger partial charge is 0.209 e. The molecule has 2 rings (SSSR count). The Hall–Kier alpha value is -1.46. The fraction of sp³-hybridized carbons (Fsp3) is 0. The van der Waals surface area contributed by atoms with Crippen molar-refractivity contribution >= 4 is 21.4 Å². The van der Waals surface area contributed by atoms with Crippen molar-refractivity contribution in [3.8, 4) is 0 Å². The summed E-state index contributed by atoms with van der Waals surface area (Å²) >= 11 is 5.63. The van der Waals surface area contributed by atoms with Crippen LogP contribution in [0.25, 0.3) is 0 Å². The van der Waals surface area contributed by atoms with Crippen molar-refractivity contribution in [1.82, 2.24) is 0 Å². The lowest BCUT2D eigenvalue weighted by Crippen LogP contribution is -2.05. The minimum Gasteiger partial charge on any atom is -0.218 e. The average Bonchev–Trinajstić information content (AvgIpc) is 2.32. The van der Waals surface area contributed by atoms with Crippen molar-refractivity contribution < 1.29 is 17.2 Å². The Balaban J connectivity index is 2.61. The highest BCUT2D eigenvalue weighted by molar-refractivity contribution is 7.91. The highest BCUT2D eigenvalue weighted by Crippen LogP contribution is 2.24. The third-order valence-corrected chi connectivity index (χ3v) is 4.26. The van der Waals surface area contributed by atoms with Crippen LogP contribution in [0.2, 0.25) is 5.02 Å². The lowest BCUT2D eigenvalue weighted by molar-refractivity contribution is 0.551. The third-order valence-electron chi connectivity index (χ3n) is 2.24. The first-order chi connectivity index (χ1) is 8.41. The summed E-state index contributed by atoms with van der Waals surface area (Å²) in [5, 5.41) is 0.347. The summed E-state index contributed by atoms with van der Waals surface area (Å²) in [5.74, 6) is -1.99. The van der Waals surface area contributed by atoms with Gasteiger partial charge in [-0.05, 0) is 36.4 Å². The van der Waals surface area contributed by atoms with E-state index in [0.717, 1.165) is 6.07 Å². The van der Waals surface area contributed by atoms with Crippen LogP contribution in [0.5, 0.6) is 0 Å². The molecule has 0 saturated heterocycles. The standard InChI is InChI=1S/C12H6ClF2O2S/c13-8-1-4-10(5-2-8)18(16,17)12-7-9(14)3-6-11(12)15/h1-5,7H. The van der Waals surface area contributed by atoms with E-state index in [9.17, 15) is 17.2 Å². The lowest BCUT2D eigenvalue weighted by atomic mass is 10.3. The van der Waals surface area contributed by atoms with E-state index < -0.39 is 26.4 Å². The number of benzene rings is 2. The number of hydrogen-bond acceptors (Lipinski definition) is 2. The van der Waals surface area contributed by atoms with Gasteiger partial charge in [0.15, 0.2) is 0 Å². The van der Waals surface area contributed by atoms with Crippen molar-refractivity contribution in [2.75, 3.05) is 0 Å². The molecule has 0 amide bonds. The van der Waals surface area contributed by atoms with E-state index in [1.54, 1.807) is 0 Å². The molecule has 6 heteroatoms. The van der Waals surface area contributed by atoms with E-state index in [-0.39, 0.29) is 4.90 Å². The van der Waals surface area contributed by atoms with Gasteiger partial charge in [0.2, 0.25) is 9.84 Å². The van der Waals surface area contributed by atoms with Crippen LogP contribution in [0, 0.1) is 17.7 Å². The molecule has 0 heterocycles. The van der Waals surface area contributed by atoms with Gasteiger partial charge in [-0.1, -0.05) is 11.6 Å². The van der Waals surface area contributed by atoms with Crippen LogP contribution >= 0.6 is 11.6 Å². The topological polar surface area (TPSA) is 34.1 Å². The van der Waals surface area contributed by atoms with Gasteiger partial charge in [0.1, 0.15) is 16.5 Å². The number of sulfone groups is 1. The molecule has 0 N–H and O–H groups in total. The first-order valence-electron chi connectivity index (χ1n) is 4.78. The Bertz CT molecular complexity index is 682. The number of halogens is 3. The fourth-order valence-electron chi connectivity index (χ4n) is 1.37. The van der Waals surface area contributed by atoms with Gasteiger partial charge >= 0.3 is 0 Å². The minimum absolute atomic E-state index is 0.162. The molecule has 0 aliphatic rings. The molecule has 0 aliphatic carbocycles. The average molecular weight is 288 g/mol. The van der Waals surface area contributed by atoms with E-state index in [4.69, 9.17) is 11.6 Å². The molecule has 2 aromatic carbocycles. The van der Waals surface area contributed by atoms with Gasteiger partial charge < -0.3 is 0 Å². The molecule has 1 radical (unpaired) electrons. The summed E-state index contributed by atoms with van der Waals surface area (Å²) in [7, 11) is -4.11. The van der Waals surface area contributed by atoms with Crippen LogP contribution < -0.4 is 0 Å². The van der Waals surface area contributed by atoms with Crippen molar-refractivity contribution in [2.24, 2.45) is 0 Å². The summed E-state index contributed by atoms with van der Waals surface area (Å²) in [6.45, 7) is 0. The highest BCUT2D eigenvalue weighted by Gasteiger charge is 2.22. The van der Waals surface area contributed by atoms with Crippen LogP contribution in [0.15, 0.2) is 46.2 Å². The van der Waals surface area contributed by atoms with E-state index in [1.807, 2.05) is 6.07 Å². The predicted octanol–water partition coefficient (Wildman–Crippen LogP) is 3.25. The van der Waals surface area contributed by atoms with Crippen LogP contribution in [-0.2, 0) is 9.84 Å². The van der Waals surface area contributed by atoms with Crippen LogP contribution in [0.4, 0.5) is 8.78 Å². The van der Waals surface area contributed by atoms with Crippen LogP contribution in [0.1, 0.15) is 0 Å². The fourth-order valence-corrected chi connectivity index (χ4v) is 2.81. The normalized spacial score (nSPS) is 11.5. The molecule has 0 atom stereocenters. The summed E-state index contributed by atoms with van der Waals surface area (Å²) in [4.78, 5) is -0.908. The molecule has 0 aromatic heterocycles. The van der Waals surface area contributed by atoms with Crippen LogP contribution in [-0.4, -0.2) is 8.42 Å². The zero-order chi connectivity index (χ0) is 13.3. The Morgan fingerprint density at radius 2 is 1.72 bits per heavy atom.